The van der Waals surface area contributed by atoms with Gasteiger partial charge >= 0.3 is 0 Å². The van der Waals surface area contributed by atoms with Crippen LogP contribution in [0.4, 0.5) is 0 Å². The fourth-order valence-electron chi connectivity index (χ4n) is 4.68. The molecule has 0 spiro atoms. The number of nitrogens with zero attached hydrogens (tertiary/aromatic N) is 2. The quantitative estimate of drug-likeness (QED) is 0.516. The Morgan fingerprint density at radius 2 is 1.69 bits per heavy atom. The zero-order chi connectivity index (χ0) is 21.7. The molecule has 0 bridgehead atoms. The molecule has 2 aliphatic rings. The molecule has 0 unspecified atom stereocenters. The smallest absolute Gasteiger partial charge is 0.271 e. The second kappa shape index (κ2) is 7.46. The first-order valence-electron chi connectivity index (χ1n) is 10.7. The Hall–Kier alpha value is -3.70. The molecule has 0 saturated carbocycles. The Kier molecular flexibility index (Phi) is 4.44. The highest BCUT2D eigenvalue weighted by Gasteiger charge is 2.32. The average Bonchev–Trinajstić information content (AvgIpc) is 3.14. The van der Waals surface area contributed by atoms with E-state index in [1.54, 1.807) is 12.1 Å². The maximum Gasteiger partial charge on any atom is 0.271 e. The number of thiazole rings is 1. The van der Waals surface area contributed by atoms with Gasteiger partial charge in [-0.25, -0.2) is 4.99 Å². The van der Waals surface area contributed by atoms with Crippen LogP contribution in [0, 0.1) is 0 Å². The number of aromatic hydroxyl groups is 1. The van der Waals surface area contributed by atoms with Gasteiger partial charge in [-0.3, -0.25) is 9.36 Å². The van der Waals surface area contributed by atoms with Crippen molar-refractivity contribution in [1.82, 2.24) is 4.57 Å². The van der Waals surface area contributed by atoms with E-state index < -0.39 is 0 Å². The highest BCUT2D eigenvalue weighted by atomic mass is 32.1. The number of phenolic OH excluding ortho intramolecular Hbond substituents is 1. The van der Waals surface area contributed by atoms with E-state index in [1.165, 1.54) is 28.0 Å². The first-order chi connectivity index (χ1) is 15.7. The molecule has 1 aromatic heterocycles. The van der Waals surface area contributed by atoms with Gasteiger partial charge in [-0.15, -0.1) is 0 Å². The van der Waals surface area contributed by atoms with Crippen molar-refractivity contribution in [2.24, 2.45) is 4.99 Å². The first-order valence-corrected chi connectivity index (χ1v) is 11.5. The molecule has 1 N–H and O–H groups in total. The Morgan fingerprint density at radius 1 is 0.938 bits per heavy atom. The van der Waals surface area contributed by atoms with Crippen LogP contribution in [0.3, 0.4) is 0 Å². The summed E-state index contributed by atoms with van der Waals surface area (Å²) in [5.74, 6) is 0.207. The summed E-state index contributed by atoms with van der Waals surface area (Å²) in [7, 11) is 0. The van der Waals surface area contributed by atoms with Crippen LogP contribution in [0.25, 0.3) is 11.8 Å². The van der Waals surface area contributed by atoms with Gasteiger partial charge in [-0.2, -0.15) is 0 Å². The van der Waals surface area contributed by atoms with E-state index in [-0.39, 0.29) is 17.4 Å². The molecule has 4 nitrogen and oxygen atoms in total. The highest BCUT2D eigenvalue weighted by Crippen LogP contribution is 2.41. The molecule has 0 amide bonds. The zero-order valence-electron chi connectivity index (χ0n) is 17.2. The van der Waals surface area contributed by atoms with Crippen LogP contribution >= 0.6 is 11.3 Å². The molecule has 0 fully saturated rings. The average molecular weight is 437 g/mol. The molecule has 3 aromatic carbocycles. The van der Waals surface area contributed by atoms with Crippen LogP contribution < -0.4 is 14.9 Å². The Morgan fingerprint density at radius 3 is 2.50 bits per heavy atom. The number of fused-ring (bicyclic) bond motifs is 3. The summed E-state index contributed by atoms with van der Waals surface area (Å²) in [6.45, 7) is 0. The van der Waals surface area contributed by atoms with Crippen molar-refractivity contribution in [2.45, 2.75) is 18.9 Å². The molecule has 2 heterocycles. The van der Waals surface area contributed by atoms with Gasteiger partial charge in [-0.05, 0) is 53.3 Å². The summed E-state index contributed by atoms with van der Waals surface area (Å²) < 4.78 is 2.50. The van der Waals surface area contributed by atoms with E-state index in [4.69, 9.17) is 4.99 Å². The van der Waals surface area contributed by atoms with Crippen molar-refractivity contribution in [3.8, 4) is 5.75 Å². The molecule has 5 heteroatoms. The van der Waals surface area contributed by atoms with Crippen LogP contribution in [0.1, 0.15) is 34.7 Å². The van der Waals surface area contributed by atoms with Crippen molar-refractivity contribution < 1.29 is 5.11 Å². The largest absolute Gasteiger partial charge is 0.508 e. The Labute approximate surface area is 188 Å². The number of hydrogen-bond donors (Lipinski definition) is 1. The standard InChI is InChI=1S/C27H20N2O2S/c30-20-13-10-17(11-14-20)16-23-26(31)29-25(19-7-2-1-3-8-19)22-15-12-18-6-4-5-9-21(18)24(22)28-27(29)32-23/h1-11,13-14,16,25,30H,12,15H2/t25-/m1/s1. The van der Waals surface area contributed by atoms with Crippen LogP contribution in [-0.2, 0) is 6.42 Å². The van der Waals surface area contributed by atoms with Gasteiger partial charge in [0, 0.05) is 5.56 Å². The van der Waals surface area contributed by atoms with E-state index in [0.717, 1.165) is 34.5 Å². The first kappa shape index (κ1) is 19.0. The Balaban J connectivity index is 1.62. The van der Waals surface area contributed by atoms with Gasteiger partial charge in [0.2, 0.25) is 0 Å². The lowest BCUT2D eigenvalue weighted by molar-refractivity contribution is 0.475. The third kappa shape index (κ3) is 3.05. The predicted octanol–water partition coefficient (Wildman–Crippen LogP) is 4.02. The number of hydrogen-bond acceptors (Lipinski definition) is 4. The summed E-state index contributed by atoms with van der Waals surface area (Å²) in [5, 5.41) is 9.57. The van der Waals surface area contributed by atoms with Crippen LogP contribution in [-0.4, -0.2) is 9.67 Å². The van der Waals surface area contributed by atoms with Crippen molar-refractivity contribution >= 4 is 23.1 Å². The minimum atomic E-state index is -0.155. The number of rotatable bonds is 2. The van der Waals surface area contributed by atoms with Crippen molar-refractivity contribution in [2.75, 3.05) is 0 Å². The van der Waals surface area contributed by atoms with Crippen LogP contribution in [0.2, 0.25) is 0 Å². The topological polar surface area (TPSA) is 54.6 Å². The molecule has 32 heavy (non-hydrogen) atoms. The molecule has 0 saturated heterocycles. The number of allylic oxidation sites excluding steroid dienone is 1. The van der Waals surface area contributed by atoms with Crippen molar-refractivity contribution in [3.63, 3.8) is 0 Å². The van der Waals surface area contributed by atoms with Crippen molar-refractivity contribution in [3.05, 3.63) is 126 Å². The van der Waals surface area contributed by atoms with Gasteiger partial charge in [0.25, 0.3) is 5.56 Å². The van der Waals surface area contributed by atoms with E-state index >= 15 is 0 Å². The zero-order valence-corrected chi connectivity index (χ0v) is 18.0. The van der Waals surface area contributed by atoms with Gasteiger partial charge in [0.05, 0.1) is 16.3 Å². The molecule has 0 radical (unpaired) electrons. The molecular formula is C27H20N2O2S. The predicted molar refractivity (Wildman–Crippen MR) is 127 cm³/mol. The van der Waals surface area contributed by atoms with E-state index in [2.05, 4.69) is 36.4 Å². The maximum atomic E-state index is 13.6. The lowest BCUT2D eigenvalue weighted by Crippen LogP contribution is -2.38. The summed E-state index contributed by atoms with van der Waals surface area (Å²) in [4.78, 5) is 19.3. The third-order valence-electron chi connectivity index (χ3n) is 6.18. The summed E-state index contributed by atoms with van der Waals surface area (Å²) >= 11 is 1.42. The third-order valence-corrected chi connectivity index (χ3v) is 7.16. The van der Waals surface area contributed by atoms with Gasteiger partial charge in [0.1, 0.15) is 5.75 Å². The summed E-state index contributed by atoms with van der Waals surface area (Å²) in [6.07, 6.45) is 3.71. The van der Waals surface area contributed by atoms with Gasteiger partial charge in [-0.1, -0.05) is 78.1 Å². The number of aromatic nitrogens is 1. The number of aryl methyl sites for hydroxylation is 1. The molecule has 156 valence electrons. The molecule has 4 aromatic rings. The lowest BCUT2D eigenvalue weighted by Gasteiger charge is -2.30. The minimum Gasteiger partial charge on any atom is -0.508 e. The van der Waals surface area contributed by atoms with Crippen molar-refractivity contribution in [1.29, 1.82) is 0 Å². The molecule has 1 atom stereocenters. The maximum absolute atomic E-state index is 13.6. The second-order valence-corrected chi connectivity index (χ2v) is 9.13. The lowest BCUT2D eigenvalue weighted by atomic mass is 9.83. The van der Waals surface area contributed by atoms with Crippen LogP contribution in [0.15, 0.2) is 94.2 Å². The highest BCUT2D eigenvalue weighted by molar-refractivity contribution is 7.07. The molecule has 1 aliphatic carbocycles. The van der Waals surface area contributed by atoms with Gasteiger partial charge < -0.3 is 5.11 Å². The van der Waals surface area contributed by atoms with E-state index in [0.29, 0.717) is 4.53 Å². The van der Waals surface area contributed by atoms with Crippen LogP contribution in [0.5, 0.6) is 5.75 Å². The summed E-state index contributed by atoms with van der Waals surface area (Å²) in [5.41, 5.74) is 6.65. The SMILES string of the molecule is O=c1c(=Cc2ccc(O)cc2)sc2n1[C@H](c1ccccc1)C1=C(N=2)c2ccccc2CC1. The second-order valence-electron chi connectivity index (χ2n) is 8.12. The number of benzene rings is 3. The molecule has 6 rings (SSSR count). The molecular weight excluding hydrogens is 416 g/mol. The van der Waals surface area contributed by atoms with E-state index in [9.17, 15) is 9.90 Å². The number of phenols is 1. The normalized spacial score (nSPS) is 17.4. The molecule has 1 aliphatic heterocycles. The summed E-state index contributed by atoms with van der Waals surface area (Å²) in [6, 6.07) is 25.4. The fourth-order valence-corrected chi connectivity index (χ4v) is 5.68. The minimum absolute atomic E-state index is 0.0268. The van der Waals surface area contributed by atoms with E-state index in [1.807, 2.05) is 41.0 Å². The monoisotopic (exact) mass is 436 g/mol. The van der Waals surface area contributed by atoms with Gasteiger partial charge in [0.15, 0.2) is 4.80 Å². The fraction of sp³-hybridized carbons (Fsp3) is 0.111. The Bertz CT molecular complexity index is 1540.